The Kier molecular flexibility index (Phi) is 3.59. The van der Waals surface area contributed by atoms with Gasteiger partial charge in [0.1, 0.15) is 11.5 Å². The van der Waals surface area contributed by atoms with E-state index in [4.69, 9.17) is 11.6 Å². The van der Waals surface area contributed by atoms with Crippen LogP contribution < -0.4 is 5.43 Å². The van der Waals surface area contributed by atoms with Crippen LogP contribution in [0.15, 0.2) is 35.7 Å². The first-order valence-corrected chi connectivity index (χ1v) is 5.33. The third-order valence-corrected chi connectivity index (χ3v) is 2.35. The molecule has 2 aromatic rings. The van der Waals surface area contributed by atoms with Gasteiger partial charge in [-0.15, -0.1) is 0 Å². The fourth-order valence-corrected chi connectivity index (χ4v) is 1.37. The number of hydrazone groups is 1. The lowest BCUT2D eigenvalue weighted by Crippen LogP contribution is -1.95. The summed E-state index contributed by atoms with van der Waals surface area (Å²) in [6.45, 7) is 0. The SMILES string of the molecule is Oc1cccc(O)c1/C=N/Nc1nccnc1Cl. The Hall–Kier alpha value is -2.34. The number of hydrogen-bond acceptors (Lipinski definition) is 6. The summed E-state index contributed by atoms with van der Waals surface area (Å²) in [6, 6.07) is 4.40. The number of nitrogens with zero attached hydrogens (tertiary/aromatic N) is 3. The van der Waals surface area contributed by atoms with E-state index in [1.54, 1.807) is 0 Å². The van der Waals surface area contributed by atoms with Crippen LogP contribution in [-0.4, -0.2) is 26.4 Å². The van der Waals surface area contributed by atoms with Gasteiger partial charge >= 0.3 is 0 Å². The normalized spacial score (nSPS) is 10.7. The smallest absolute Gasteiger partial charge is 0.184 e. The van der Waals surface area contributed by atoms with Gasteiger partial charge in [0.15, 0.2) is 11.0 Å². The first kappa shape index (κ1) is 12.1. The van der Waals surface area contributed by atoms with Crippen LogP contribution in [0.4, 0.5) is 5.82 Å². The van der Waals surface area contributed by atoms with Crippen molar-refractivity contribution in [3.05, 3.63) is 41.3 Å². The lowest BCUT2D eigenvalue weighted by molar-refractivity contribution is 0.449. The largest absolute Gasteiger partial charge is 0.507 e. The second-order valence-corrected chi connectivity index (χ2v) is 3.63. The van der Waals surface area contributed by atoms with Gasteiger partial charge in [0.25, 0.3) is 0 Å². The maximum absolute atomic E-state index is 9.51. The minimum absolute atomic E-state index is 0.0780. The van der Waals surface area contributed by atoms with Crippen molar-refractivity contribution in [2.75, 3.05) is 5.43 Å². The molecule has 1 heterocycles. The number of benzene rings is 1. The van der Waals surface area contributed by atoms with Gasteiger partial charge in [-0.05, 0) is 12.1 Å². The summed E-state index contributed by atoms with van der Waals surface area (Å²) in [5.74, 6) is 0.127. The maximum Gasteiger partial charge on any atom is 0.184 e. The minimum atomic E-state index is -0.0780. The standard InChI is InChI=1S/C11H9ClN4O2/c12-10-11(14-5-4-13-10)16-15-6-7-8(17)2-1-3-9(7)18/h1-6,17-18H,(H,14,16)/b15-6+. The highest BCUT2D eigenvalue weighted by atomic mass is 35.5. The Morgan fingerprint density at radius 1 is 1.17 bits per heavy atom. The predicted octanol–water partition coefficient (Wildman–Crippen LogP) is 1.99. The highest BCUT2D eigenvalue weighted by Gasteiger charge is 2.04. The molecule has 18 heavy (non-hydrogen) atoms. The van der Waals surface area contributed by atoms with E-state index in [1.807, 2.05) is 0 Å². The van der Waals surface area contributed by atoms with Crippen molar-refractivity contribution in [1.29, 1.82) is 0 Å². The molecule has 3 N–H and O–H groups in total. The van der Waals surface area contributed by atoms with E-state index in [-0.39, 0.29) is 28.0 Å². The quantitative estimate of drug-likeness (QED) is 0.582. The van der Waals surface area contributed by atoms with Crippen LogP contribution in [0.2, 0.25) is 5.15 Å². The van der Waals surface area contributed by atoms with E-state index in [0.717, 1.165) is 0 Å². The van der Waals surface area contributed by atoms with E-state index in [2.05, 4.69) is 20.5 Å². The van der Waals surface area contributed by atoms with Crippen molar-refractivity contribution in [1.82, 2.24) is 9.97 Å². The number of anilines is 1. The molecule has 1 aromatic heterocycles. The number of nitrogens with one attached hydrogen (secondary N) is 1. The van der Waals surface area contributed by atoms with Crippen molar-refractivity contribution < 1.29 is 10.2 Å². The van der Waals surface area contributed by atoms with E-state index in [9.17, 15) is 10.2 Å². The number of phenolic OH excluding ortho intramolecular Hbond substituents is 2. The molecule has 0 bridgehead atoms. The second kappa shape index (κ2) is 5.33. The molecular weight excluding hydrogens is 256 g/mol. The molecule has 92 valence electrons. The molecule has 0 fully saturated rings. The van der Waals surface area contributed by atoms with Gasteiger partial charge < -0.3 is 10.2 Å². The molecule has 0 aliphatic rings. The summed E-state index contributed by atoms with van der Waals surface area (Å²) in [6.07, 6.45) is 4.17. The zero-order chi connectivity index (χ0) is 13.0. The van der Waals surface area contributed by atoms with Gasteiger partial charge in [-0.3, -0.25) is 5.43 Å². The Labute approximate surface area is 108 Å². The number of hydrogen-bond donors (Lipinski definition) is 3. The number of aromatic nitrogens is 2. The van der Waals surface area contributed by atoms with Crippen LogP contribution in [0.25, 0.3) is 0 Å². The van der Waals surface area contributed by atoms with Crippen molar-refractivity contribution >= 4 is 23.6 Å². The van der Waals surface area contributed by atoms with Crippen molar-refractivity contribution in [3.63, 3.8) is 0 Å². The monoisotopic (exact) mass is 264 g/mol. The highest BCUT2D eigenvalue weighted by molar-refractivity contribution is 6.31. The van der Waals surface area contributed by atoms with E-state index in [0.29, 0.717) is 0 Å². The summed E-state index contributed by atoms with van der Waals surface area (Å²) in [5, 5.41) is 23.0. The Bertz CT molecular complexity index is 569. The van der Waals surface area contributed by atoms with Gasteiger partial charge in [0, 0.05) is 12.4 Å². The first-order valence-electron chi connectivity index (χ1n) is 4.95. The molecule has 6 nitrogen and oxygen atoms in total. The molecule has 1 aromatic carbocycles. The molecular formula is C11H9ClN4O2. The molecule has 0 aliphatic heterocycles. The fraction of sp³-hybridized carbons (Fsp3) is 0. The summed E-state index contributed by atoms with van der Waals surface area (Å²) < 4.78 is 0. The molecule has 7 heteroatoms. The van der Waals surface area contributed by atoms with Crippen LogP contribution in [-0.2, 0) is 0 Å². The molecule has 0 amide bonds. The van der Waals surface area contributed by atoms with Crippen LogP contribution >= 0.6 is 11.6 Å². The molecule has 0 radical (unpaired) electrons. The van der Waals surface area contributed by atoms with Gasteiger partial charge in [0.2, 0.25) is 0 Å². The molecule has 2 rings (SSSR count). The average molecular weight is 265 g/mol. The summed E-state index contributed by atoms with van der Waals surface area (Å²) in [7, 11) is 0. The maximum atomic E-state index is 9.51. The second-order valence-electron chi connectivity index (χ2n) is 3.28. The van der Waals surface area contributed by atoms with Gasteiger partial charge in [-0.25, -0.2) is 9.97 Å². The van der Waals surface area contributed by atoms with Gasteiger partial charge in [0.05, 0.1) is 11.8 Å². The van der Waals surface area contributed by atoms with Crippen LogP contribution in [0.3, 0.4) is 0 Å². The predicted molar refractivity (Wildman–Crippen MR) is 68.0 cm³/mol. The van der Waals surface area contributed by atoms with Gasteiger partial charge in [-0.2, -0.15) is 5.10 Å². The third-order valence-electron chi connectivity index (χ3n) is 2.08. The highest BCUT2D eigenvalue weighted by Crippen LogP contribution is 2.24. The molecule has 0 aliphatic carbocycles. The summed E-state index contributed by atoms with van der Waals surface area (Å²) in [4.78, 5) is 7.72. The fourth-order valence-electron chi connectivity index (χ4n) is 1.23. The number of halogens is 1. The van der Waals surface area contributed by atoms with E-state index < -0.39 is 0 Å². The van der Waals surface area contributed by atoms with Crippen molar-refractivity contribution in [2.24, 2.45) is 5.10 Å². The van der Waals surface area contributed by atoms with Crippen LogP contribution in [0.1, 0.15) is 5.56 Å². The molecule has 0 saturated carbocycles. The Balaban J connectivity index is 2.15. The zero-order valence-electron chi connectivity index (χ0n) is 9.08. The third kappa shape index (κ3) is 2.67. The molecule has 0 unspecified atom stereocenters. The van der Waals surface area contributed by atoms with Crippen molar-refractivity contribution in [2.45, 2.75) is 0 Å². The lowest BCUT2D eigenvalue weighted by atomic mass is 10.2. The average Bonchev–Trinajstić information content (AvgIpc) is 2.35. The molecule has 0 atom stereocenters. The Morgan fingerprint density at radius 3 is 2.50 bits per heavy atom. The molecule has 0 spiro atoms. The van der Waals surface area contributed by atoms with Crippen LogP contribution in [0.5, 0.6) is 11.5 Å². The first-order chi connectivity index (χ1) is 8.68. The minimum Gasteiger partial charge on any atom is -0.507 e. The van der Waals surface area contributed by atoms with E-state index >= 15 is 0 Å². The van der Waals surface area contributed by atoms with Crippen molar-refractivity contribution in [3.8, 4) is 11.5 Å². The number of aromatic hydroxyl groups is 2. The van der Waals surface area contributed by atoms with Crippen LogP contribution in [0, 0.1) is 0 Å². The molecule has 0 saturated heterocycles. The van der Waals surface area contributed by atoms with Gasteiger partial charge in [-0.1, -0.05) is 17.7 Å². The zero-order valence-corrected chi connectivity index (χ0v) is 9.83. The number of rotatable bonds is 3. The summed E-state index contributed by atoms with van der Waals surface area (Å²) >= 11 is 5.76. The number of phenols is 2. The van der Waals surface area contributed by atoms with E-state index in [1.165, 1.54) is 36.8 Å². The Morgan fingerprint density at radius 2 is 1.83 bits per heavy atom. The topological polar surface area (TPSA) is 90.6 Å². The lowest BCUT2D eigenvalue weighted by Gasteiger charge is -2.02. The summed E-state index contributed by atoms with van der Waals surface area (Å²) in [5.41, 5.74) is 2.76.